The molecule has 1 heterocycles. The van der Waals surface area contributed by atoms with Gasteiger partial charge in [-0.05, 0) is 19.3 Å². The van der Waals surface area contributed by atoms with Crippen LogP contribution in [-0.2, 0) is 28.6 Å². The zero-order valence-electron chi connectivity index (χ0n) is 11.8. The first-order valence-corrected chi connectivity index (χ1v) is 6.61. The van der Waals surface area contributed by atoms with E-state index in [1.54, 1.807) is 6.08 Å². The average Bonchev–Trinajstić information content (AvgIpc) is 2.33. The molecule has 0 radical (unpaired) electrons. The second kappa shape index (κ2) is 4.92. The van der Waals surface area contributed by atoms with Gasteiger partial charge in [0.2, 0.25) is 0 Å². The van der Waals surface area contributed by atoms with E-state index < -0.39 is 35.2 Å². The van der Waals surface area contributed by atoms with Gasteiger partial charge in [0.05, 0.1) is 0 Å². The van der Waals surface area contributed by atoms with Crippen molar-refractivity contribution in [3.63, 3.8) is 0 Å². The molecule has 0 unspecified atom stereocenters. The maximum Gasteiger partial charge on any atom is 0.366 e. The first kappa shape index (κ1) is 14.6. The zero-order chi connectivity index (χ0) is 15.0. The lowest BCUT2D eigenvalue weighted by molar-refractivity contribution is -0.267. The minimum atomic E-state index is -2.02. The smallest absolute Gasteiger partial charge is 0.366 e. The van der Waals surface area contributed by atoms with Crippen LogP contribution < -0.4 is 0 Å². The molecule has 6 nitrogen and oxygen atoms in total. The number of rotatable bonds is 2. The van der Waals surface area contributed by atoms with Crippen molar-refractivity contribution in [3.05, 3.63) is 12.2 Å². The molecule has 1 aliphatic heterocycles. The van der Waals surface area contributed by atoms with Crippen molar-refractivity contribution in [2.75, 3.05) is 0 Å². The van der Waals surface area contributed by atoms with E-state index in [2.05, 4.69) is 0 Å². The molecule has 1 saturated heterocycles. The molecule has 0 bridgehead atoms. The third kappa shape index (κ3) is 2.42. The molecule has 1 fully saturated rings. The highest BCUT2D eigenvalue weighted by Gasteiger charge is 2.63. The Morgan fingerprint density at radius 2 is 1.90 bits per heavy atom. The topological polar surface area (TPSA) is 78.9 Å². The maximum absolute atomic E-state index is 12.3. The van der Waals surface area contributed by atoms with E-state index >= 15 is 0 Å². The van der Waals surface area contributed by atoms with E-state index in [1.165, 1.54) is 13.8 Å². The Hall–Kier alpha value is -1.85. The second-order valence-corrected chi connectivity index (χ2v) is 5.47. The molecule has 0 amide bonds. The summed E-state index contributed by atoms with van der Waals surface area (Å²) in [6.45, 7) is 4.06. The van der Waals surface area contributed by atoms with Crippen LogP contribution in [0.25, 0.3) is 0 Å². The lowest BCUT2D eigenvalue weighted by Gasteiger charge is -2.42. The zero-order valence-corrected chi connectivity index (χ0v) is 11.8. The van der Waals surface area contributed by atoms with Gasteiger partial charge in [-0.15, -0.1) is 0 Å². The summed E-state index contributed by atoms with van der Waals surface area (Å²) >= 11 is 0. The highest BCUT2D eigenvalue weighted by atomic mass is 16.8. The van der Waals surface area contributed by atoms with Gasteiger partial charge < -0.3 is 14.2 Å². The largest absolute Gasteiger partial charge is 0.434 e. The second-order valence-electron chi connectivity index (χ2n) is 5.47. The fraction of sp³-hybridized carbons (Fsp3) is 0.643. The fourth-order valence-electron chi connectivity index (χ4n) is 2.54. The van der Waals surface area contributed by atoms with Gasteiger partial charge in [0.25, 0.3) is 5.79 Å². The van der Waals surface area contributed by atoms with Gasteiger partial charge in [0.1, 0.15) is 0 Å². The first-order chi connectivity index (χ1) is 9.28. The van der Waals surface area contributed by atoms with E-state index in [0.29, 0.717) is 6.42 Å². The summed E-state index contributed by atoms with van der Waals surface area (Å²) in [5.41, 5.74) is -2.02. The van der Waals surface area contributed by atoms with Crippen LogP contribution in [-0.4, -0.2) is 29.3 Å². The van der Waals surface area contributed by atoms with Crippen molar-refractivity contribution >= 4 is 17.9 Å². The molecular formula is C14H18O6. The van der Waals surface area contributed by atoms with Crippen molar-refractivity contribution in [3.8, 4) is 0 Å². The van der Waals surface area contributed by atoms with Gasteiger partial charge in [-0.25, -0.2) is 9.59 Å². The summed E-state index contributed by atoms with van der Waals surface area (Å²) in [5, 5.41) is 0. The molecule has 1 atom stereocenters. The number of carbonyl (C=O) groups is 3. The lowest BCUT2D eigenvalue weighted by atomic mass is 9.79. The Bertz CT molecular complexity index is 456. The average molecular weight is 282 g/mol. The Morgan fingerprint density at radius 1 is 1.30 bits per heavy atom. The SMILES string of the molecule is CC(=O)OC1([C@@H]2C=CCCC2)C(=O)OC(C)(C)OC1=O. The summed E-state index contributed by atoms with van der Waals surface area (Å²) in [5.74, 6) is -4.37. The van der Waals surface area contributed by atoms with Crippen LogP contribution in [0.4, 0.5) is 0 Å². The minimum Gasteiger partial charge on any atom is -0.434 e. The van der Waals surface area contributed by atoms with Crippen molar-refractivity contribution in [2.24, 2.45) is 5.92 Å². The summed E-state index contributed by atoms with van der Waals surface area (Å²) in [7, 11) is 0. The van der Waals surface area contributed by atoms with Gasteiger partial charge >= 0.3 is 23.5 Å². The van der Waals surface area contributed by atoms with Crippen molar-refractivity contribution in [1.29, 1.82) is 0 Å². The third-order valence-electron chi connectivity index (χ3n) is 3.36. The van der Waals surface area contributed by atoms with Crippen LogP contribution in [0.2, 0.25) is 0 Å². The molecule has 2 rings (SSSR count). The van der Waals surface area contributed by atoms with Gasteiger partial charge in [-0.1, -0.05) is 12.2 Å². The Kier molecular flexibility index (Phi) is 3.58. The molecule has 2 aliphatic rings. The summed E-state index contributed by atoms with van der Waals surface area (Å²) in [6, 6.07) is 0. The predicted molar refractivity (Wildman–Crippen MR) is 67.2 cm³/mol. The van der Waals surface area contributed by atoms with E-state index in [-0.39, 0.29) is 0 Å². The van der Waals surface area contributed by atoms with E-state index in [9.17, 15) is 14.4 Å². The number of carbonyl (C=O) groups excluding carboxylic acids is 3. The normalized spacial score (nSPS) is 27.4. The number of hydrogen-bond donors (Lipinski definition) is 0. The van der Waals surface area contributed by atoms with Gasteiger partial charge in [-0.3, -0.25) is 4.79 Å². The highest BCUT2D eigenvalue weighted by molar-refractivity contribution is 6.07. The molecule has 1 aliphatic carbocycles. The van der Waals surface area contributed by atoms with E-state index in [4.69, 9.17) is 14.2 Å². The van der Waals surface area contributed by atoms with Crippen LogP contribution in [0.15, 0.2) is 12.2 Å². The standard InChI is InChI=1S/C14H18O6/c1-9(15)18-14(10-7-5-4-6-8-10)11(16)19-13(2,3)20-12(14)17/h5,7,10H,4,6,8H2,1-3H3/t10-/m1/s1. The number of allylic oxidation sites excluding steroid dienone is 1. The fourth-order valence-corrected chi connectivity index (χ4v) is 2.54. The number of cyclic esters (lactones) is 2. The molecule has 0 aromatic heterocycles. The molecular weight excluding hydrogens is 264 g/mol. The van der Waals surface area contributed by atoms with Gasteiger partial charge in [-0.2, -0.15) is 0 Å². The molecule has 0 aromatic rings. The van der Waals surface area contributed by atoms with Crippen molar-refractivity contribution in [2.45, 2.75) is 51.4 Å². The molecule has 0 aromatic carbocycles. The first-order valence-electron chi connectivity index (χ1n) is 6.61. The van der Waals surface area contributed by atoms with E-state index in [1.807, 2.05) is 6.08 Å². The quantitative estimate of drug-likeness (QED) is 0.433. The van der Waals surface area contributed by atoms with Crippen LogP contribution in [0.1, 0.15) is 40.0 Å². The third-order valence-corrected chi connectivity index (χ3v) is 3.36. The maximum atomic E-state index is 12.3. The lowest BCUT2D eigenvalue weighted by Crippen LogP contribution is -2.64. The summed E-state index contributed by atoms with van der Waals surface area (Å²) < 4.78 is 15.3. The molecule has 20 heavy (non-hydrogen) atoms. The molecule has 0 saturated carbocycles. The number of hydrogen-bond acceptors (Lipinski definition) is 6. The number of esters is 3. The predicted octanol–water partition coefficient (Wildman–Crippen LogP) is 1.48. The monoisotopic (exact) mass is 282 g/mol. The Morgan fingerprint density at radius 3 is 2.35 bits per heavy atom. The highest BCUT2D eigenvalue weighted by Crippen LogP contribution is 2.39. The molecule has 110 valence electrons. The van der Waals surface area contributed by atoms with Crippen molar-refractivity contribution in [1.82, 2.24) is 0 Å². The van der Waals surface area contributed by atoms with Gasteiger partial charge in [0.15, 0.2) is 0 Å². The summed E-state index contributed by atoms with van der Waals surface area (Å²) in [6.07, 6.45) is 5.79. The Balaban J connectivity index is 2.43. The Labute approximate surface area is 117 Å². The number of ether oxygens (including phenoxy) is 3. The summed E-state index contributed by atoms with van der Waals surface area (Å²) in [4.78, 5) is 36.0. The van der Waals surface area contributed by atoms with Gasteiger partial charge in [0, 0.05) is 26.7 Å². The van der Waals surface area contributed by atoms with Crippen LogP contribution in [0, 0.1) is 5.92 Å². The molecule has 0 spiro atoms. The van der Waals surface area contributed by atoms with E-state index in [0.717, 1.165) is 19.8 Å². The van der Waals surface area contributed by atoms with Crippen LogP contribution in [0.5, 0.6) is 0 Å². The van der Waals surface area contributed by atoms with Crippen molar-refractivity contribution < 1.29 is 28.6 Å². The molecule has 0 N–H and O–H groups in total. The van der Waals surface area contributed by atoms with Crippen LogP contribution >= 0.6 is 0 Å². The van der Waals surface area contributed by atoms with Crippen LogP contribution in [0.3, 0.4) is 0 Å². The molecule has 6 heteroatoms. The minimum absolute atomic E-state index is 0.550.